The van der Waals surface area contributed by atoms with Gasteiger partial charge in [-0.05, 0) is 44.2 Å². The summed E-state index contributed by atoms with van der Waals surface area (Å²) >= 11 is 1.05. The number of hydrogen-bond donors (Lipinski definition) is 2. The van der Waals surface area contributed by atoms with E-state index in [9.17, 15) is 18.0 Å². The Morgan fingerprint density at radius 3 is 2.64 bits per heavy atom. The van der Waals surface area contributed by atoms with Crippen LogP contribution in [0.3, 0.4) is 0 Å². The van der Waals surface area contributed by atoms with E-state index in [-0.39, 0.29) is 10.6 Å². The van der Waals surface area contributed by atoms with Crippen LogP contribution in [-0.2, 0) is 32.5 Å². The fraction of sp³-hybridized carbons (Fsp3) is 0.381. The Kier molecular flexibility index (Phi) is 6.79. The van der Waals surface area contributed by atoms with Gasteiger partial charge in [0.25, 0.3) is 15.9 Å². The molecule has 0 unspecified atom stereocenters. The molecule has 0 atom stereocenters. The molecule has 4 rings (SSSR count). The van der Waals surface area contributed by atoms with Gasteiger partial charge in [-0.1, -0.05) is 0 Å². The average molecular weight is 492 g/mol. The van der Waals surface area contributed by atoms with Gasteiger partial charge < -0.3 is 9.30 Å². The Labute approximate surface area is 195 Å². The number of benzene rings is 1. The summed E-state index contributed by atoms with van der Waals surface area (Å²) < 4.78 is 34.2. The molecule has 1 aliphatic heterocycles. The van der Waals surface area contributed by atoms with E-state index in [0.717, 1.165) is 29.2 Å². The maximum atomic E-state index is 12.7. The number of fused-ring (bicyclic) bond motifs is 1. The molecule has 0 bridgehead atoms. The van der Waals surface area contributed by atoms with E-state index in [1.807, 2.05) is 24.5 Å². The lowest BCUT2D eigenvalue weighted by molar-refractivity contribution is -0.121. The highest BCUT2D eigenvalue weighted by molar-refractivity contribution is 7.91. The molecule has 0 radical (unpaired) electrons. The molecule has 176 valence electrons. The molecule has 1 aliphatic rings. The lowest BCUT2D eigenvalue weighted by Gasteiger charge is -2.25. The number of imidazole rings is 1. The van der Waals surface area contributed by atoms with Crippen LogP contribution in [0.2, 0.25) is 0 Å². The van der Waals surface area contributed by atoms with Crippen LogP contribution in [0, 0.1) is 6.92 Å². The monoisotopic (exact) mass is 491 g/mol. The Morgan fingerprint density at radius 1 is 1.15 bits per heavy atom. The Bertz CT molecular complexity index is 1290. The van der Waals surface area contributed by atoms with Gasteiger partial charge in [-0.2, -0.15) is 4.31 Å². The molecule has 2 amide bonds. The Hall–Kier alpha value is -2.80. The van der Waals surface area contributed by atoms with Crippen molar-refractivity contribution in [2.75, 3.05) is 26.3 Å². The molecular weight excluding hydrogens is 466 g/mol. The molecule has 10 nitrogen and oxygen atoms in total. The van der Waals surface area contributed by atoms with E-state index in [2.05, 4.69) is 15.8 Å². The number of thiophene rings is 1. The summed E-state index contributed by atoms with van der Waals surface area (Å²) in [6.07, 6.45) is -0.0529. The first-order chi connectivity index (χ1) is 15.8. The number of hydrogen-bond acceptors (Lipinski definition) is 7. The largest absolute Gasteiger partial charge is 0.379 e. The van der Waals surface area contributed by atoms with Crippen molar-refractivity contribution < 1.29 is 22.7 Å². The second kappa shape index (κ2) is 9.59. The van der Waals surface area contributed by atoms with Crippen LogP contribution in [-0.4, -0.2) is 60.4 Å². The number of ether oxygens (including phenoxy) is 1. The summed E-state index contributed by atoms with van der Waals surface area (Å²) in [6, 6.07) is 8.30. The molecule has 1 fully saturated rings. The summed E-state index contributed by atoms with van der Waals surface area (Å²) in [7, 11) is -3.60. The Balaban J connectivity index is 1.35. The molecule has 0 saturated carbocycles. The lowest BCUT2D eigenvalue weighted by Crippen LogP contribution is -2.42. The molecule has 0 spiro atoms. The molecule has 33 heavy (non-hydrogen) atoms. The number of nitrogens with zero attached hydrogens (tertiary/aromatic N) is 3. The van der Waals surface area contributed by atoms with Crippen LogP contribution in [0.25, 0.3) is 11.0 Å². The van der Waals surface area contributed by atoms with Gasteiger partial charge in [0.15, 0.2) is 0 Å². The molecule has 3 heterocycles. The van der Waals surface area contributed by atoms with Crippen LogP contribution < -0.4 is 10.9 Å². The van der Waals surface area contributed by atoms with E-state index in [1.54, 1.807) is 18.2 Å². The van der Waals surface area contributed by atoms with E-state index >= 15 is 0 Å². The minimum Gasteiger partial charge on any atom is -0.379 e. The van der Waals surface area contributed by atoms with Crippen molar-refractivity contribution in [3.8, 4) is 0 Å². The van der Waals surface area contributed by atoms with Gasteiger partial charge in [0.1, 0.15) is 10.0 Å². The SMILES string of the molecule is CCn1c(C)nc2cc(C(=O)NNC(=O)Cc3ccc(S(=O)(=O)N4CCOCC4)s3)ccc21. The smallest absolute Gasteiger partial charge is 0.269 e. The highest BCUT2D eigenvalue weighted by Gasteiger charge is 2.28. The number of carbonyl (C=O) groups excluding carboxylic acids is 2. The van der Waals surface area contributed by atoms with Crippen LogP contribution >= 0.6 is 11.3 Å². The standard InChI is InChI=1S/C21H25N5O5S2/c1-3-26-14(2)22-17-12-15(4-6-18(17)26)21(28)24-23-19(27)13-16-5-7-20(32-16)33(29,30)25-8-10-31-11-9-25/h4-7,12H,3,8-11,13H2,1-2H3,(H,23,27)(H,24,28). The van der Waals surface area contributed by atoms with Gasteiger partial charge in [-0.25, -0.2) is 13.4 Å². The van der Waals surface area contributed by atoms with Crippen LogP contribution in [0.5, 0.6) is 0 Å². The number of aryl methyl sites for hydroxylation is 2. The predicted molar refractivity (Wildman–Crippen MR) is 123 cm³/mol. The normalized spacial score (nSPS) is 15.0. The number of aromatic nitrogens is 2. The zero-order valence-corrected chi connectivity index (χ0v) is 20.0. The van der Waals surface area contributed by atoms with Crippen LogP contribution in [0.1, 0.15) is 28.0 Å². The van der Waals surface area contributed by atoms with E-state index < -0.39 is 21.8 Å². The molecule has 12 heteroatoms. The summed E-state index contributed by atoms with van der Waals surface area (Å²) in [5, 5.41) is 0. The first-order valence-electron chi connectivity index (χ1n) is 10.5. The highest BCUT2D eigenvalue weighted by Crippen LogP contribution is 2.26. The topological polar surface area (TPSA) is 123 Å². The third-order valence-electron chi connectivity index (χ3n) is 5.37. The fourth-order valence-corrected chi connectivity index (χ4v) is 6.61. The van der Waals surface area contributed by atoms with Crippen molar-refractivity contribution in [2.45, 2.75) is 31.0 Å². The molecule has 2 aromatic heterocycles. The number of rotatable bonds is 6. The van der Waals surface area contributed by atoms with E-state index in [4.69, 9.17) is 4.74 Å². The quantitative estimate of drug-likeness (QED) is 0.503. The zero-order chi connectivity index (χ0) is 23.6. The Morgan fingerprint density at radius 2 is 1.91 bits per heavy atom. The van der Waals surface area contributed by atoms with Gasteiger partial charge in [0, 0.05) is 30.1 Å². The number of sulfonamides is 1. The number of nitrogens with one attached hydrogen (secondary N) is 2. The molecular formula is C21H25N5O5S2. The predicted octanol–water partition coefficient (Wildman–Crippen LogP) is 1.45. The number of morpholine rings is 1. The summed E-state index contributed by atoms with van der Waals surface area (Å²) in [4.78, 5) is 29.8. The zero-order valence-electron chi connectivity index (χ0n) is 18.3. The maximum Gasteiger partial charge on any atom is 0.269 e. The first kappa shape index (κ1) is 23.4. The second-order valence-corrected chi connectivity index (χ2v) is 10.9. The van der Waals surface area contributed by atoms with Crippen molar-refractivity contribution >= 4 is 44.2 Å². The fourth-order valence-electron chi connectivity index (χ4n) is 3.70. The minimum absolute atomic E-state index is 0.0529. The average Bonchev–Trinajstić information content (AvgIpc) is 3.41. The van der Waals surface area contributed by atoms with E-state index in [0.29, 0.717) is 42.3 Å². The van der Waals surface area contributed by atoms with Crippen molar-refractivity contribution in [1.82, 2.24) is 24.7 Å². The van der Waals surface area contributed by atoms with Gasteiger partial charge in [-0.3, -0.25) is 20.4 Å². The summed E-state index contributed by atoms with van der Waals surface area (Å²) in [5.41, 5.74) is 6.81. The van der Waals surface area contributed by atoms with E-state index in [1.165, 1.54) is 10.4 Å². The molecule has 3 aromatic rings. The van der Waals surface area contributed by atoms with Crippen molar-refractivity contribution in [2.24, 2.45) is 0 Å². The van der Waals surface area contributed by atoms with Gasteiger partial charge in [-0.15, -0.1) is 11.3 Å². The number of hydrazine groups is 1. The van der Waals surface area contributed by atoms with Gasteiger partial charge >= 0.3 is 0 Å². The van der Waals surface area contributed by atoms with Crippen molar-refractivity contribution in [3.05, 3.63) is 46.6 Å². The van der Waals surface area contributed by atoms with Crippen LogP contribution in [0.15, 0.2) is 34.5 Å². The number of carbonyl (C=O) groups is 2. The maximum absolute atomic E-state index is 12.7. The highest BCUT2D eigenvalue weighted by atomic mass is 32.2. The third-order valence-corrected chi connectivity index (χ3v) is 8.82. The van der Waals surface area contributed by atoms with Crippen molar-refractivity contribution in [1.29, 1.82) is 0 Å². The molecule has 1 saturated heterocycles. The van der Waals surface area contributed by atoms with Gasteiger partial charge in [0.05, 0.1) is 30.7 Å². The van der Waals surface area contributed by atoms with Crippen LogP contribution in [0.4, 0.5) is 0 Å². The second-order valence-electron chi connectivity index (χ2n) is 7.52. The third kappa shape index (κ3) is 4.93. The summed E-state index contributed by atoms with van der Waals surface area (Å²) in [5.74, 6) is -0.0484. The number of amides is 2. The van der Waals surface area contributed by atoms with Crippen molar-refractivity contribution in [3.63, 3.8) is 0 Å². The molecule has 2 N–H and O–H groups in total. The first-order valence-corrected chi connectivity index (χ1v) is 12.8. The molecule has 1 aromatic carbocycles. The minimum atomic E-state index is -3.60. The summed E-state index contributed by atoms with van der Waals surface area (Å²) in [6.45, 7) is 6.07. The molecule has 0 aliphatic carbocycles. The van der Waals surface area contributed by atoms with Gasteiger partial charge in [0.2, 0.25) is 5.91 Å². The lowest BCUT2D eigenvalue weighted by atomic mass is 10.2.